The maximum absolute atomic E-state index is 10.5. The molecule has 0 aliphatic heterocycles. The van der Waals surface area contributed by atoms with Gasteiger partial charge in [0.25, 0.3) is 0 Å². The number of hydrogen-bond acceptors (Lipinski definition) is 3. The summed E-state index contributed by atoms with van der Waals surface area (Å²) in [4.78, 5) is 0. The molecule has 1 aromatic carbocycles. The minimum Gasteiger partial charge on any atom is -0.264 e. The van der Waals surface area contributed by atoms with Crippen LogP contribution < -0.4 is 0 Å². The molecule has 0 fully saturated rings. The van der Waals surface area contributed by atoms with Gasteiger partial charge in [0, 0.05) is 0 Å². The zero-order valence-corrected chi connectivity index (χ0v) is 15.7. The van der Waals surface area contributed by atoms with Gasteiger partial charge in [-0.25, -0.2) is 4.18 Å². The van der Waals surface area contributed by atoms with Crippen LogP contribution in [0.5, 0.6) is 0 Å². The number of benzene rings is 1. The second kappa shape index (κ2) is 12.5. The molecule has 5 heteroatoms. The van der Waals surface area contributed by atoms with Crippen molar-refractivity contribution >= 4 is 10.4 Å². The molecule has 4 nitrogen and oxygen atoms in total. The average Bonchev–Trinajstić information content (AvgIpc) is 2.55. The molecule has 0 bridgehead atoms. The lowest BCUT2D eigenvalue weighted by Gasteiger charge is -2.05. The van der Waals surface area contributed by atoms with Crippen LogP contribution in [0.2, 0.25) is 0 Å². The van der Waals surface area contributed by atoms with Gasteiger partial charge in [-0.15, -0.1) is 0 Å². The zero-order chi connectivity index (χ0) is 17.7. The lowest BCUT2D eigenvalue weighted by molar-refractivity contribution is 0.259. The second-order valence-electron chi connectivity index (χ2n) is 6.44. The van der Waals surface area contributed by atoms with Crippen LogP contribution in [0.3, 0.4) is 0 Å². The first-order valence-electron chi connectivity index (χ1n) is 9.21. The first-order valence-corrected chi connectivity index (χ1v) is 10.6. The molecule has 1 N–H and O–H groups in total. The van der Waals surface area contributed by atoms with Crippen molar-refractivity contribution in [3.8, 4) is 0 Å². The van der Waals surface area contributed by atoms with Crippen molar-refractivity contribution in [3.63, 3.8) is 0 Å². The average molecular weight is 357 g/mol. The molecule has 0 radical (unpaired) electrons. The molecular weight excluding hydrogens is 324 g/mol. The number of aryl methyl sites for hydroxylation is 1. The van der Waals surface area contributed by atoms with Crippen LogP contribution in [0.15, 0.2) is 24.3 Å². The second-order valence-corrected chi connectivity index (χ2v) is 7.53. The Labute approximate surface area is 147 Å². The Morgan fingerprint density at radius 1 is 0.792 bits per heavy atom. The minimum absolute atomic E-state index is 0.128. The summed E-state index contributed by atoms with van der Waals surface area (Å²) in [5.74, 6) is 0. The Hall–Kier alpha value is -0.910. The third kappa shape index (κ3) is 11.6. The van der Waals surface area contributed by atoms with Crippen molar-refractivity contribution in [1.82, 2.24) is 0 Å². The molecule has 24 heavy (non-hydrogen) atoms. The van der Waals surface area contributed by atoms with Gasteiger partial charge in [0.2, 0.25) is 0 Å². The minimum atomic E-state index is -4.36. The Balaban J connectivity index is 2.05. The van der Waals surface area contributed by atoms with E-state index in [0.717, 1.165) is 12.0 Å². The topological polar surface area (TPSA) is 63.6 Å². The maximum Gasteiger partial charge on any atom is 0.397 e. The molecule has 0 atom stereocenters. The molecule has 1 aromatic rings. The van der Waals surface area contributed by atoms with Crippen molar-refractivity contribution in [2.45, 2.75) is 84.2 Å². The van der Waals surface area contributed by atoms with E-state index in [9.17, 15) is 8.42 Å². The van der Waals surface area contributed by atoms with E-state index < -0.39 is 10.4 Å². The van der Waals surface area contributed by atoms with Crippen molar-refractivity contribution < 1.29 is 17.2 Å². The Kier molecular flexibility index (Phi) is 11.0. The molecule has 0 heterocycles. The summed E-state index contributed by atoms with van der Waals surface area (Å²) in [7, 11) is -4.36. The first kappa shape index (κ1) is 21.1. The van der Waals surface area contributed by atoms with E-state index in [1.54, 1.807) is 0 Å². The fourth-order valence-corrected chi connectivity index (χ4v) is 3.05. The molecule has 138 valence electrons. The van der Waals surface area contributed by atoms with Gasteiger partial charge in [-0.1, -0.05) is 89.0 Å². The van der Waals surface area contributed by atoms with Crippen LogP contribution in [-0.4, -0.2) is 13.0 Å². The normalized spacial score (nSPS) is 11.8. The van der Waals surface area contributed by atoms with Crippen LogP contribution in [0.1, 0.15) is 82.3 Å². The van der Waals surface area contributed by atoms with Crippen LogP contribution >= 0.6 is 0 Å². The molecule has 0 unspecified atom stereocenters. The van der Waals surface area contributed by atoms with Gasteiger partial charge in [0.15, 0.2) is 0 Å². The number of unbranched alkanes of at least 4 members (excludes halogenated alkanes) is 9. The van der Waals surface area contributed by atoms with Crippen LogP contribution in [0.4, 0.5) is 0 Å². The quantitative estimate of drug-likeness (QED) is 0.355. The summed E-state index contributed by atoms with van der Waals surface area (Å²) in [6.45, 7) is 2.12. The van der Waals surface area contributed by atoms with E-state index in [1.807, 2.05) is 24.3 Å². The summed E-state index contributed by atoms with van der Waals surface area (Å²) in [5.41, 5.74) is 1.99. The first-order chi connectivity index (χ1) is 11.5. The highest BCUT2D eigenvalue weighted by molar-refractivity contribution is 7.80. The molecule has 0 aromatic heterocycles. The van der Waals surface area contributed by atoms with Gasteiger partial charge in [-0.3, -0.25) is 4.55 Å². The highest BCUT2D eigenvalue weighted by Gasteiger charge is 2.04. The Bertz CT molecular complexity index is 523. The predicted molar refractivity (Wildman–Crippen MR) is 98.3 cm³/mol. The van der Waals surface area contributed by atoms with Gasteiger partial charge < -0.3 is 0 Å². The Morgan fingerprint density at radius 2 is 1.25 bits per heavy atom. The van der Waals surface area contributed by atoms with E-state index in [2.05, 4.69) is 11.1 Å². The maximum atomic E-state index is 10.5. The molecule has 0 amide bonds. The lowest BCUT2D eigenvalue weighted by Crippen LogP contribution is -2.03. The summed E-state index contributed by atoms with van der Waals surface area (Å²) < 4.78 is 33.9. The molecular formula is C19H32O4S. The Morgan fingerprint density at radius 3 is 1.75 bits per heavy atom. The van der Waals surface area contributed by atoms with Gasteiger partial charge in [-0.2, -0.15) is 8.42 Å². The summed E-state index contributed by atoms with van der Waals surface area (Å²) in [6, 6.07) is 7.68. The third-order valence-corrected chi connectivity index (χ3v) is 4.63. The number of rotatable bonds is 14. The van der Waals surface area contributed by atoms with E-state index >= 15 is 0 Å². The van der Waals surface area contributed by atoms with Crippen molar-refractivity contribution in [2.24, 2.45) is 0 Å². The molecule has 0 aliphatic rings. The lowest BCUT2D eigenvalue weighted by atomic mass is 10.0. The third-order valence-electron chi connectivity index (χ3n) is 4.22. The van der Waals surface area contributed by atoms with Crippen molar-refractivity contribution in [2.75, 3.05) is 0 Å². The van der Waals surface area contributed by atoms with Crippen LogP contribution in [-0.2, 0) is 27.6 Å². The van der Waals surface area contributed by atoms with Crippen LogP contribution in [0, 0.1) is 0 Å². The van der Waals surface area contributed by atoms with E-state index in [0.29, 0.717) is 0 Å². The smallest absolute Gasteiger partial charge is 0.264 e. The van der Waals surface area contributed by atoms with E-state index in [-0.39, 0.29) is 6.61 Å². The highest BCUT2D eigenvalue weighted by atomic mass is 32.3. The molecule has 0 saturated carbocycles. The van der Waals surface area contributed by atoms with Gasteiger partial charge in [0.05, 0.1) is 6.61 Å². The van der Waals surface area contributed by atoms with Crippen molar-refractivity contribution in [1.29, 1.82) is 0 Å². The van der Waals surface area contributed by atoms with Gasteiger partial charge in [0.1, 0.15) is 0 Å². The summed E-state index contributed by atoms with van der Waals surface area (Å²) >= 11 is 0. The van der Waals surface area contributed by atoms with Crippen LogP contribution in [0.25, 0.3) is 0 Å². The molecule has 1 rings (SSSR count). The number of hydrogen-bond donors (Lipinski definition) is 1. The monoisotopic (exact) mass is 356 g/mol. The fourth-order valence-electron chi connectivity index (χ4n) is 2.76. The van der Waals surface area contributed by atoms with E-state index in [4.69, 9.17) is 4.55 Å². The van der Waals surface area contributed by atoms with E-state index in [1.165, 1.54) is 69.8 Å². The van der Waals surface area contributed by atoms with Gasteiger partial charge >= 0.3 is 10.4 Å². The largest absolute Gasteiger partial charge is 0.397 e. The predicted octanol–water partition coefficient (Wildman–Crippen LogP) is 5.47. The zero-order valence-electron chi connectivity index (χ0n) is 14.9. The summed E-state index contributed by atoms with van der Waals surface area (Å²) in [5, 5.41) is 0. The van der Waals surface area contributed by atoms with Gasteiger partial charge in [-0.05, 0) is 24.0 Å². The molecule has 0 spiro atoms. The molecule has 0 saturated heterocycles. The fraction of sp³-hybridized carbons (Fsp3) is 0.684. The molecule has 0 aliphatic carbocycles. The standard InChI is InChI=1S/C19H32O4S/c1-2-3-4-5-6-7-8-9-10-11-12-18-13-15-19(16-14-18)17-23-24(20,21)22/h13-16H,2-12,17H2,1H3,(H,20,21,22). The van der Waals surface area contributed by atoms with Crippen molar-refractivity contribution in [3.05, 3.63) is 35.4 Å². The SMILES string of the molecule is CCCCCCCCCCCCc1ccc(COS(=O)(=O)O)cc1. The summed E-state index contributed by atoms with van der Waals surface area (Å²) in [6.07, 6.45) is 14.4. The highest BCUT2D eigenvalue weighted by Crippen LogP contribution is 2.13.